The van der Waals surface area contributed by atoms with E-state index in [2.05, 4.69) is 0 Å². The van der Waals surface area contributed by atoms with E-state index in [4.69, 9.17) is 9.84 Å². The second-order valence-corrected chi connectivity index (χ2v) is 8.17. The Balaban J connectivity index is 2.95. The van der Waals surface area contributed by atoms with Crippen molar-refractivity contribution in [3.05, 3.63) is 24.3 Å². The molecule has 0 atom stereocenters. The quantitative estimate of drug-likeness (QED) is 0.717. The van der Waals surface area contributed by atoms with Gasteiger partial charge in [0.05, 0.1) is 5.69 Å². The Morgan fingerprint density at radius 2 is 1.85 bits per heavy atom. The van der Waals surface area contributed by atoms with Crippen molar-refractivity contribution < 1.29 is 31.5 Å². The molecule has 0 bridgehead atoms. The maximum absolute atomic E-state index is 11.6. The lowest BCUT2D eigenvalue weighted by atomic mass is 10.3. The summed E-state index contributed by atoms with van der Waals surface area (Å²) in [4.78, 5) is 10.4. The van der Waals surface area contributed by atoms with Gasteiger partial charge in [0.1, 0.15) is 5.75 Å². The maximum Gasteiger partial charge on any atom is 0.341 e. The summed E-state index contributed by atoms with van der Waals surface area (Å²) >= 11 is 0. The van der Waals surface area contributed by atoms with Gasteiger partial charge in [-0.2, -0.15) is 0 Å². The molecular formula is C10H13NO7S2. The molecule has 1 aromatic rings. The molecule has 0 saturated heterocycles. The van der Waals surface area contributed by atoms with Crippen molar-refractivity contribution in [2.45, 2.75) is 0 Å². The van der Waals surface area contributed by atoms with E-state index in [0.29, 0.717) is 0 Å². The number of hydrogen-bond donors (Lipinski definition) is 2. The van der Waals surface area contributed by atoms with Crippen molar-refractivity contribution in [3.8, 4) is 5.75 Å². The lowest BCUT2D eigenvalue weighted by Gasteiger charge is -2.12. The van der Waals surface area contributed by atoms with Gasteiger partial charge in [0.25, 0.3) is 0 Å². The standard InChI is InChI=1S/C10H13NO7S2/c1-19(14,15)7-20(16,17)11-8-4-2-3-5-9(8)18-6-10(12)13/h2-5,11H,6-7H2,1H3,(H,12,13). The topological polar surface area (TPSA) is 127 Å². The summed E-state index contributed by atoms with van der Waals surface area (Å²) in [6.45, 7) is -0.648. The fraction of sp³-hybridized carbons (Fsp3) is 0.300. The third kappa shape index (κ3) is 5.89. The molecule has 0 aromatic heterocycles. The summed E-state index contributed by atoms with van der Waals surface area (Å²) in [5.41, 5.74) is -0.0302. The number of para-hydroxylation sites is 2. The Morgan fingerprint density at radius 1 is 1.25 bits per heavy atom. The van der Waals surface area contributed by atoms with E-state index in [-0.39, 0.29) is 11.4 Å². The zero-order valence-electron chi connectivity index (χ0n) is 10.4. The first-order valence-electron chi connectivity index (χ1n) is 5.21. The van der Waals surface area contributed by atoms with E-state index in [1.54, 1.807) is 0 Å². The molecule has 20 heavy (non-hydrogen) atoms. The van der Waals surface area contributed by atoms with Gasteiger partial charge in [0, 0.05) is 6.26 Å². The minimum Gasteiger partial charge on any atom is -0.480 e. The van der Waals surface area contributed by atoms with Crippen LogP contribution in [0.2, 0.25) is 0 Å². The smallest absolute Gasteiger partial charge is 0.341 e. The van der Waals surface area contributed by atoms with E-state index in [9.17, 15) is 21.6 Å². The van der Waals surface area contributed by atoms with Crippen LogP contribution in [-0.4, -0.2) is 45.9 Å². The lowest BCUT2D eigenvalue weighted by molar-refractivity contribution is -0.139. The molecule has 2 N–H and O–H groups in total. The predicted octanol–water partition coefficient (Wildman–Crippen LogP) is -0.106. The Hall–Kier alpha value is -1.81. The van der Waals surface area contributed by atoms with Gasteiger partial charge in [0.2, 0.25) is 10.0 Å². The van der Waals surface area contributed by atoms with Crippen LogP contribution in [0.4, 0.5) is 5.69 Å². The third-order valence-electron chi connectivity index (χ3n) is 1.87. The Kier molecular flexibility index (Phi) is 4.95. The Bertz CT molecular complexity index is 694. The first kappa shape index (κ1) is 16.2. The number of aliphatic carboxylic acids is 1. The third-order valence-corrected chi connectivity index (χ3v) is 5.36. The van der Waals surface area contributed by atoms with Crippen LogP contribution in [0.25, 0.3) is 0 Å². The number of ether oxygens (including phenoxy) is 1. The molecule has 0 fully saturated rings. The molecule has 1 rings (SSSR count). The molecule has 0 aliphatic rings. The first-order chi connectivity index (χ1) is 9.09. The Labute approximate surface area is 116 Å². The molecule has 0 unspecified atom stereocenters. The van der Waals surface area contributed by atoms with Crippen molar-refractivity contribution >= 4 is 31.5 Å². The second kappa shape index (κ2) is 6.09. The number of sulfonamides is 1. The predicted molar refractivity (Wildman–Crippen MR) is 71.8 cm³/mol. The molecular weight excluding hydrogens is 310 g/mol. The van der Waals surface area contributed by atoms with Gasteiger partial charge in [-0.1, -0.05) is 12.1 Å². The number of nitrogens with one attached hydrogen (secondary N) is 1. The van der Waals surface area contributed by atoms with Gasteiger partial charge in [-0.3, -0.25) is 4.72 Å². The van der Waals surface area contributed by atoms with Crippen molar-refractivity contribution in [1.82, 2.24) is 0 Å². The van der Waals surface area contributed by atoms with Gasteiger partial charge in [-0.15, -0.1) is 0 Å². The highest BCUT2D eigenvalue weighted by Crippen LogP contribution is 2.24. The number of carboxylic acid groups (broad SMARTS) is 1. The van der Waals surface area contributed by atoms with Crippen LogP contribution in [0.5, 0.6) is 5.75 Å². The van der Waals surface area contributed by atoms with Crippen molar-refractivity contribution in [2.24, 2.45) is 0 Å². The van der Waals surface area contributed by atoms with E-state index >= 15 is 0 Å². The monoisotopic (exact) mass is 323 g/mol. The number of anilines is 1. The molecule has 0 amide bonds. The van der Waals surface area contributed by atoms with Crippen LogP contribution in [0.15, 0.2) is 24.3 Å². The summed E-state index contributed by atoms with van der Waals surface area (Å²) in [5.74, 6) is -1.23. The summed E-state index contributed by atoms with van der Waals surface area (Å²) in [5, 5.41) is 7.43. The summed E-state index contributed by atoms with van der Waals surface area (Å²) in [6.07, 6.45) is 0.791. The van der Waals surface area contributed by atoms with Crippen LogP contribution in [0, 0.1) is 0 Å². The highest BCUT2D eigenvalue weighted by Gasteiger charge is 2.19. The molecule has 0 aliphatic heterocycles. The minimum absolute atomic E-state index is 0.00743. The second-order valence-electron chi connectivity index (χ2n) is 3.94. The highest BCUT2D eigenvalue weighted by molar-refractivity contribution is 8.08. The van der Waals surface area contributed by atoms with Crippen LogP contribution < -0.4 is 9.46 Å². The average Bonchev–Trinajstić information content (AvgIpc) is 2.23. The van der Waals surface area contributed by atoms with Crippen LogP contribution >= 0.6 is 0 Å². The molecule has 0 radical (unpaired) electrons. The summed E-state index contributed by atoms with van der Waals surface area (Å²) in [7, 11) is -7.84. The van der Waals surface area contributed by atoms with Crippen molar-refractivity contribution in [3.63, 3.8) is 0 Å². The highest BCUT2D eigenvalue weighted by atomic mass is 32.3. The SMILES string of the molecule is CS(=O)(=O)CS(=O)(=O)Nc1ccccc1OCC(=O)O. The van der Waals surface area contributed by atoms with Crippen LogP contribution in [0.1, 0.15) is 0 Å². The van der Waals surface area contributed by atoms with Crippen molar-refractivity contribution in [1.29, 1.82) is 0 Å². The first-order valence-corrected chi connectivity index (χ1v) is 8.92. The van der Waals surface area contributed by atoms with Crippen molar-refractivity contribution in [2.75, 3.05) is 22.7 Å². The molecule has 1 aromatic carbocycles. The number of sulfone groups is 1. The van der Waals surface area contributed by atoms with Gasteiger partial charge in [-0.25, -0.2) is 21.6 Å². The maximum atomic E-state index is 11.6. The number of rotatable bonds is 7. The van der Waals surface area contributed by atoms with E-state index in [0.717, 1.165) is 6.26 Å². The molecule has 0 saturated carbocycles. The van der Waals surface area contributed by atoms with E-state index in [1.807, 2.05) is 4.72 Å². The molecule has 0 heterocycles. The summed E-state index contributed by atoms with van der Waals surface area (Å²) in [6, 6.07) is 5.70. The minimum atomic E-state index is -4.12. The largest absolute Gasteiger partial charge is 0.480 e. The number of carbonyl (C=O) groups is 1. The number of benzene rings is 1. The Morgan fingerprint density at radius 3 is 2.40 bits per heavy atom. The average molecular weight is 323 g/mol. The summed E-state index contributed by atoms with van der Waals surface area (Å²) < 4.78 is 52.2. The van der Waals surface area contributed by atoms with Gasteiger partial charge in [-0.05, 0) is 12.1 Å². The van der Waals surface area contributed by atoms with E-state index in [1.165, 1.54) is 24.3 Å². The number of hydrogen-bond acceptors (Lipinski definition) is 6. The van der Waals surface area contributed by atoms with Crippen LogP contribution in [-0.2, 0) is 24.7 Å². The molecule has 0 aliphatic carbocycles. The van der Waals surface area contributed by atoms with Gasteiger partial charge in [0.15, 0.2) is 21.5 Å². The molecule has 10 heteroatoms. The fourth-order valence-corrected chi connectivity index (χ4v) is 4.29. The van der Waals surface area contributed by atoms with Gasteiger partial charge < -0.3 is 9.84 Å². The fourth-order valence-electron chi connectivity index (χ4n) is 1.30. The molecule has 8 nitrogen and oxygen atoms in total. The van der Waals surface area contributed by atoms with Gasteiger partial charge >= 0.3 is 5.97 Å². The van der Waals surface area contributed by atoms with E-state index < -0.39 is 37.5 Å². The zero-order chi connectivity index (χ0) is 15.4. The van der Waals surface area contributed by atoms with Crippen LogP contribution in [0.3, 0.4) is 0 Å². The lowest BCUT2D eigenvalue weighted by Crippen LogP contribution is -2.22. The normalized spacial score (nSPS) is 11.8. The number of carboxylic acids is 1. The molecule has 0 spiro atoms. The zero-order valence-corrected chi connectivity index (χ0v) is 12.1. The molecule has 112 valence electrons.